The van der Waals surface area contributed by atoms with Gasteiger partial charge in [0.2, 0.25) is 0 Å². The Morgan fingerprint density at radius 2 is 1.81 bits per heavy atom. The first kappa shape index (κ1) is 15.5. The molecule has 0 rings (SSSR count). The van der Waals surface area contributed by atoms with Crippen LogP contribution in [0.1, 0.15) is 46.5 Å². The van der Waals surface area contributed by atoms with E-state index in [0.717, 1.165) is 12.3 Å². The average Bonchev–Trinajstić information content (AvgIpc) is 2.10. The normalized spacial score (nSPS) is 12.6. The summed E-state index contributed by atoms with van der Waals surface area (Å²) in [6.45, 7) is 13.6. The lowest BCUT2D eigenvalue weighted by atomic mass is 9.99. The van der Waals surface area contributed by atoms with Crippen LogP contribution in [-0.2, 0) is 0 Å². The molecule has 0 amide bonds. The smallest absolute Gasteiger partial charge is 0.129 e. The van der Waals surface area contributed by atoms with Gasteiger partial charge < -0.3 is 0 Å². The van der Waals surface area contributed by atoms with Crippen molar-refractivity contribution in [3.05, 3.63) is 11.6 Å². The van der Waals surface area contributed by atoms with Crippen molar-refractivity contribution in [1.82, 2.24) is 0 Å². The Hall–Kier alpha value is -0.483. The molecule has 0 nitrogen and oxygen atoms in total. The summed E-state index contributed by atoms with van der Waals surface area (Å²) in [4.78, 5) is 0. The second-order valence-corrected chi connectivity index (χ2v) is 10.8. The molecule has 0 saturated carbocycles. The van der Waals surface area contributed by atoms with Gasteiger partial charge in [-0.1, -0.05) is 38.2 Å². The molecule has 0 unspecified atom stereocenters. The third-order valence-corrected chi connectivity index (χ3v) is 3.36. The van der Waals surface area contributed by atoms with E-state index in [1.54, 1.807) is 0 Å². The summed E-state index contributed by atoms with van der Waals surface area (Å²) in [7, 11) is -1.14. The van der Waals surface area contributed by atoms with E-state index in [4.69, 9.17) is 0 Å². The standard InChI is InChI=1S/C15H28Si/c1-14(2)10-9-12-15(3)11-7-8-13-16(4,5)6/h10,15H,7,9,11-12H2,1-6H3/t15-/m1/s1. The van der Waals surface area contributed by atoms with Crippen LogP contribution in [0.2, 0.25) is 19.6 Å². The summed E-state index contributed by atoms with van der Waals surface area (Å²) < 4.78 is 0. The highest BCUT2D eigenvalue weighted by Gasteiger charge is 2.07. The number of allylic oxidation sites excluding steroid dienone is 2. The van der Waals surface area contributed by atoms with E-state index in [-0.39, 0.29) is 0 Å². The van der Waals surface area contributed by atoms with Crippen LogP contribution < -0.4 is 0 Å². The third-order valence-electron chi connectivity index (χ3n) is 2.44. The van der Waals surface area contributed by atoms with Crippen molar-refractivity contribution in [2.45, 2.75) is 66.1 Å². The molecule has 0 N–H and O–H groups in total. The van der Waals surface area contributed by atoms with Gasteiger partial charge in [-0.2, -0.15) is 0 Å². The Morgan fingerprint density at radius 3 is 2.31 bits per heavy atom. The minimum absolute atomic E-state index is 0.812. The molecule has 0 aromatic rings. The molecule has 0 aliphatic heterocycles. The van der Waals surface area contributed by atoms with Crippen molar-refractivity contribution >= 4 is 8.07 Å². The van der Waals surface area contributed by atoms with Crippen molar-refractivity contribution in [3.8, 4) is 11.5 Å². The van der Waals surface area contributed by atoms with Crippen LogP contribution in [0.25, 0.3) is 0 Å². The number of hydrogen-bond donors (Lipinski definition) is 0. The largest absolute Gasteiger partial charge is 0.132 e. The average molecular weight is 236 g/mol. The molecule has 16 heavy (non-hydrogen) atoms. The topological polar surface area (TPSA) is 0 Å². The Kier molecular flexibility index (Phi) is 7.50. The quantitative estimate of drug-likeness (QED) is 0.357. The molecule has 0 aromatic carbocycles. The molecule has 0 aromatic heterocycles. The first-order valence-electron chi connectivity index (χ1n) is 6.44. The van der Waals surface area contributed by atoms with Gasteiger partial charge in [0.25, 0.3) is 0 Å². The molecule has 0 heterocycles. The highest BCUT2D eigenvalue weighted by molar-refractivity contribution is 6.83. The molecule has 0 fully saturated rings. The van der Waals surface area contributed by atoms with Crippen molar-refractivity contribution < 1.29 is 0 Å². The van der Waals surface area contributed by atoms with E-state index in [0.29, 0.717) is 0 Å². The van der Waals surface area contributed by atoms with Crippen LogP contribution in [0.3, 0.4) is 0 Å². The zero-order valence-corrected chi connectivity index (χ0v) is 13.0. The molecular weight excluding hydrogens is 208 g/mol. The number of rotatable bonds is 5. The van der Waals surface area contributed by atoms with Crippen molar-refractivity contribution in [3.63, 3.8) is 0 Å². The van der Waals surface area contributed by atoms with Gasteiger partial charge >= 0.3 is 0 Å². The van der Waals surface area contributed by atoms with E-state index in [1.165, 1.54) is 24.8 Å². The second kappa shape index (κ2) is 7.74. The molecule has 1 heteroatoms. The van der Waals surface area contributed by atoms with Gasteiger partial charge in [0.15, 0.2) is 0 Å². The van der Waals surface area contributed by atoms with E-state index >= 15 is 0 Å². The van der Waals surface area contributed by atoms with Crippen LogP contribution in [0.5, 0.6) is 0 Å². The van der Waals surface area contributed by atoms with Gasteiger partial charge in [-0.15, -0.1) is 11.5 Å². The molecule has 0 aliphatic rings. The van der Waals surface area contributed by atoms with Gasteiger partial charge in [0, 0.05) is 6.42 Å². The molecule has 1 atom stereocenters. The predicted molar refractivity (Wildman–Crippen MR) is 78.2 cm³/mol. The fourth-order valence-corrected chi connectivity index (χ4v) is 2.10. The van der Waals surface area contributed by atoms with Crippen LogP contribution >= 0.6 is 0 Å². The Labute approximate surface area is 104 Å². The zero-order chi connectivity index (χ0) is 12.6. The van der Waals surface area contributed by atoms with Crippen molar-refractivity contribution in [2.75, 3.05) is 0 Å². The van der Waals surface area contributed by atoms with E-state index in [9.17, 15) is 0 Å². The fourth-order valence-electron chi connectivity index (χ4n) is 1.45. The summed E-state index contributed by atoms with van der Waals surface area (Å²) in [6.07, 6.45) is 7.21. The molecular formula is C15H28Si. The van der Waals surface area contributed by atoms with Crippen LogP contribution in [0.15, 0.2) is 11.6 Å². The second-order valence-electron chi connectivity index (χ2n) is 6.05. The highest BCUT2D eigenvalue weighted by Crippen LogP contribution is 2.13. The zero-order valence-electron chi connectivity index (χ0n) is 12.0. The number of hydrogen-bond acceptors (Lipinski definition) is 0. The van der Waals surface area contributed by atoms with Gasteiger partial charge in [0.1, 0.15) is 8.07 Å². The van der Waals surface area contributed by atoms with Gasteiger partial charge in [0.05, 0.1) is 0 Å². The summed E-state index contributed by atoms with van der Waals surface area (Å²) in [5, 5.41) is 0. The van der Waals surface area contributed by atoms with Gasteiger partial charge in [-0.25, -0.2) is 0 Å². The summed E-state index contributed by atoms with van der Waals surface area (Å²) in [6, 6.07) is 0. The maximum absolute atomic E-state index is 3.43. The lowest BCUT2D eigenvalue weighted by Crippen LogP contribution is -2.16. The Bertz CT molecular complexity index is 266. The van der Waals surface area contributed by atoms with E-state index in [1.807, 2.05) is 0 Å². The first-order valence-corrected chi connectivity index (χ1v) is 9.94. The summed E-state index contributed by atoms with van der Waals surface area (Å²) >= 11 is 0. The summed E-state index contributed by atoms with van der Waals surface area (Å²) in [5.41, 5.74) is 4.86. The molecule has 0 spiro atoms. The molecule has 0 bridgehead atoms. The van der Waals surface area contributed by atoms with Gasteiger partial charge in [-0.3, -0.25) is 0 Å². The van der Waals surface area contributed by atoms with Crippen molar-refractivity contribution in [1.29, 1.82) is 0 Å². The monoisotopic (exact) mass is 236 g/mol. The molecule has 0 aliphatic carbocycles. The highest BCUT2D eigenvalue weighted by atomic mass is 28.3. The van der Waals surface area contributed by atoms with Crippen LogP contribution in [0, 0.1) is 17.4 Å². The lowest BCUT2D eigenvalue weighted by molar-refractivity contribution is 0.504. The van der Waals surface area contributed by atoms with E-state index in [2.05, 4.69) is 58.0 Å². The van der Waals surface area contributed by atoms with Crippen molar-refractivity contribution in [2.24, 2.45) is 5.92 Å². The Balaban J connectivity index is 3.69. The molecule has 0 radical (unpaired) electrons. The third kappa shape index (κ3) is 11.6. The minimum atomic E-state index is -1.14. The van der Waals surface area contributed by atoms with E-state index < -0.39 is 8.07 Å². The summed E-state index contributed by atoms with van der Waals surface area (Å²) in [5.74, 6) is 4.16. The lowest BCUT2D eigenvalue weighted by Gasteiger charge is -2.08. The first-order chi connectivity index (χ1) is 7.31. The van der Waals surface area contributed by atoms with Gasteiger partial charge in [-0.05, 0) is 39.0 Å². The fraction of sp³-hybridized carbons (Fsp3) is 0.733. The maximum Gasteiger partial charge on any atom is 0.129 e. The molecule has 92 valence electrons. The minimum Gasteiger partial charge on any atom is -0.132 e. The maximum atomic E-state index is 3.43. The SMILES string of the molecule is CC(C)=CCC[C@H](C)CCC#C[Si](C)(C)C. The van der Waals surface area contributed by atoms with Crippen LogP contribution in [0.4, 0.5) is 0 Å². The predicted octanol–water partition coefficient (Wildman–Crippen LogP) is 5.03. The van der Waals surface area contributed by atoms with Crippen LogP contribution in [-0.4, -0.2) is 8.07 Å². The molecule has 0 saturated heterocycles. The Morgan fingerprint density at radius 1 is 1.19 bits per heavy atom.